The molecule has 0 radical (unpaired) electrons. The predicted octanol–water partition coefficient (Wildman–Crippen LogP) is 1.67. The van der Waals surface area contributed by atoms with Gasteiger partial charge in [-0.3, -0.25) is 0 Å². The van der Waals surface area contributed by atoms with Crippen LogP contribution in [0.15, 0.2) is 15.6 Å². The molecule has 0 aliphatic heterocycles. The highest BCUT2D eigenvalue weighted by molar-refractivity contribution is 8.13. The van der Waals surface area contributed by atoms with Crippen molar-refractivity contribution in [3.63, 3.8) is 0 Å². The number of aromatic nitrogens is 4. The molecule has 0 fully saturated rings. The standard InChI is InChI=1S/C10H13ClN4O3S/c1-6(2)10-12-9(19(11,16)17)5-15(10)4-8-14-13-7(3)18-8/h5-6H,4H2,1-3H3. The lowest BCUT2D eigenvalue weighted by atomic mass is 10.2. The molecule has 2 aromatic heterocycles. The van der Waals surface area contributed by atoms with Crippen LogP contribution in [0.25, 0.3) is 0 Å². The Bertz CT molecular complexity index is 689. The summed E-state index contributed by atoms with van der Waals surface area (Å²) in [5.41, 5.74) is 0. The van der Waals surface area contributed by atoms with Gasteiger partial charge >= 0.3 is 0 Å². The molecule has 9 heteroatoms. The van der Waals surface area contributed by atoms with Gasteiger partial charge in [-0.15, -0.1) is 10.2 Å². The Hall–Kier alpha value is -1.41. The van der Waals surface area contributed by atoms with Crippen LogP contribution in [0.1, 0.15) is 37.4 Å². The largest absolute Gasteiger partial charge is 0.424 e. The minimum Gasteiger partial charge on any atom is -0.424 e. The summed E-state index contributed by atoms with van der Waals surface area (Å²) in [5, 5.41) is 7.41. The van der Waals surface area contributed by atoms with Gasteiger partial charge in [0, 0.05) is 29.7 Å². The van der Waals surface area contributed by atoms with E-state index in [1.807, 2.05) is 13.8 Å². The molecule has 2 rings (SSSR count). The molecule has 0 bridgehead atoms. The van der Waals surface area contributed by atoms with Gasteiger partial charge in [-0.25, -0.2) is 13.4 Å². The molecule has 0 N–H and O–H groups in total. The molecule has 0 amide bonds. The molecule has 0 spiro atoms. The third-order valence-electron chi connectivity index (χ3n) is 2.42. The number of hydrogen-bond acceptors (Lipinski definition) is 6. The Morgan fingerprint density at radius 3 is 2.58 bits per heavy atom. The Kier molecular flexibility index (Phi) is 3.64. The van der Waals surface area contributed by atoms with Crippen LogP contribution in [0.2, 0.25) is 0 Å². The average molecular weight is 305 g/mol. The normalized spacial score (nSPS) is 12.3. The number of rotatable bonds is 4. The first-order valence-corrected chi connectivity index (χ1v) is 7.89. The lowest BCUT2D eigenvalue weighted by Gasteiger charge is -2.07. The van der Waals surface area contributed by atoms with Crippen molar-refractivity contribution in [1.29, 1.82) is 0 Å². The van der Waals surface area contributed by atoms with E-state index in [1.165, 1.54) is 6.20 Å². The zero-order valence-electron chi connectivity index (χ0n) is 10.7. The number of nitrogens with zero attached hydrogens (tertiary/aromatic N) is 4. The third-order valence-corrected chi connectivity index (χ3v) is 3.60. The fourth-order valence-electron chi connectivity index (χ4n) is 1.66. The van der Waals surface area contributed by atoms with Crippen LogP contribution in [-0.2, 0) is 15.6 Å². The fraction of sp³-hybridized carbons (Fsp3) is 0.500. The second-order valence-corrected chi connectivity index (χ2v) is 6.89. The summed E-state index contributed by atoms with van der Waals surface area (Å²) in [6, 6.07) is 0. The Balaban J connectivity index is 2.41. The van der Waals surface area contributed by atoms with E-state index in [1.54, 1.807) is 11.5 Å². The van der Waals surface area contributed by atoms with E-state index < -0.39 is 9.05 Å². The van der Waals surface area contributed by atoms with Gasteiger partial charge in [-0.05, 0) is 0 Å². The molecule has 0 saturated heterocycles. The first kappa shape index (κ1) is 14.0. The van der Waals surface area contributed by atoms with Crippen LogP contribution in [-0.4, -0.2) is 28.2 Å². The first-order chi connectivity index (χ1) is 8.77. The lowest BCUT2D eigenvalue weighted by Crippen LogP contribution is -2.06. The van der Waals surface area contributed by atoms with Crippen molar-refractivity contribution in [2.45, 2.75) is 38.3 Å². The molecule has 0 unspecified atom stereocenters. The molecule has 19 heavy (non-hydrogen) atoms. The Morgan fingerprint density at radius 1 is 1.42 bits per heavy atom. The van der Waals surface area contributed by atoms with Crippen LogP contribution in [0, 0.1) is 6.92 Å². The van der Waals surface area contributed by atoms with Crippen molar-refractivity contribution in [3.8, 4) is 0 Å². The summed E-state index contributed by atoms with van der Waals surface area (Å²) in [5.74, 6) is 1.47. The highest BCUT2D eigenvalue weighted by atomic mass is 35.7. The molecular formula is C10H13ClN4O3S. The second kappa shape index (κ2) is 4.93. The summed E-state index contributed by atoms with van der Waals surface area (Å²) >= 11 is 0. The van der Waals surface area contributed by atoms with E-state index in [0.717, 1.165) is 0 Å². The molecular weight excluding hydrogens is 292 g/mol. The molecule has 0 aliphatic rings. The maximum Gasteiger partial charge on any atom is 0.280 e. The first-order valence-electron chi connectivity index (χ1n) is 5.58. The summed E-state index contributed by atoms with van der Waals surface area (Å²) in [6.45, 7) is 5.75. The molecule has 0 saturated carbocycles. The highest BCUT2D eigenvalue weighted by Gasteiger charge is 2.20. The summed E-state index contributed by atoms with van der Waals surface area (Å²) in [6.07, 6.45) is 1.37. The molecule has 0 aliphatic carbocycles. The SMILES string of the molecule is Cc1nnc(Cn2cc(S(=O)(=O)Cl)nc2C(C)C)o1. The van der Waals surface area contributed by atoms with Crippen LogP contribution in [0.4, 0.5) is 0 Å². The molecule has 0 aromatic carbocycles. The van der Waals surface area contributed by atoms with Crippen molar-refractivity contribution in [2.75, 3.05) is 0 Å². The van der Waals surface area contributed by atoms with Gasteiger partial charge in [-0.1, -0.05) is 13.8 Å². The van der Waals surface area contributed by atoms with E-state index in [-0.39, 0.29) is 17.5 Å². The number of imidazole rings is 1. The smallest absolute Gasteiger partial charge is 0.280 e. The summed E-state index contributed by atoms with van der Waals surface area (Å²) in [7, 11) is 1.45. The minimum atomic E-state index is -3.85. The maximum absolute atomic E-state index is 11.3. The van der Waals surface area contributed by atoms with E-state index in [0.29, 0.717) is 17.6 Å². The van der Waals surface area contributed by atoms with Crippen LogP contribution < -0.4 is 0 Å². The van der Waals surface area contributed by atoms with Crippen LogP contribution >= 0.6 is 10.7 Å². The van der Waals surface area contributed by atoms with E-state index in [9.17, 15) is 8.42 Å². The van der Waals surface area contributed by atoms with Gasteiger partial charge in [0.25, 0.3) is 9.05 Å². The van der Waals surface area contributed by atoms with Crippen molar-refractivity contribution in [1.82, 2.24) is 19.7 Å². The van der Waals surface area contributed by atoms with Gasteiger partial charge in [0.1, 0.15) is 12.4 Å². The Labute approximate surface area is 115 Å². The maximum atomic E-state index is 11.3. The number of halogens is 1. The van der Waals surface area contributed by atoms with Gasteiger partial charge in [0.15, 0.2) is 5.03 Å². The van der Waals surface area contributed by atoms with Crippen molar-refractivity contribution in [2.24, 2.45) is 0 Å². The van der Waals surface area contributed by atoms with E-state index in [4.69, 9.17) is 15.1 Å². The minimum absolute atomic E-state index is 0.0381. The zero-order valence-corrected chi connectivity index (χ0v) is 12.2. The van der Waals surface area contributed by atoms with Gasteiger partial charge < -0.3 is 8.98 Å². The Morgan fingerprint density at radius 2 is 2.11 bits per heavy atom. The second-order valence-electron chi connectivity index (χ2n) is 4.37. The number of aryl methyl sites for hydroxylation is 1. The number of hydrogen-bond donors (Lipinski definition) is 0. The highest BCUT2D eigenvalue weighted by Crippen LogP contribution is 2.20. The van der Waals surface area contributed by atoms with Crippen molar-refractivity contribution >= 4 is 19.7 Å². The average Bonchev–Trinajstić information content (AvgIpc) is 2.85. The lowest BCUT2D eigenvalue weighted by molar-refractivity contribution is 0.449. The third kappa shape index (κ3) is 3.13. The van der Waals surface area contributed by atoms with Crippen molar-refractivity contribution in [3.05, 3.63) is 23.8 Å². The quantitative estimate of drug-likeness (QED) is 0.798. The van der Waals surface area contributed by atoms with E-state index >= 15 is 0 Å². The molecule has 2 aromatic rings. The van der Waals surface area contributed by atoms with Crippen LogP contribution in [0.5, 0.6) is 0 Å². The summed E-state index contributed by atoms with van der Waals surface area (Å²) < 4.78 is 29.5. The topological polar surface area (TPSA) is 90.9 Å². The predicted molar refractivity (Wildman–Crippen MR) is 67.5 cm³/mol. The van der Waals surface area contributed by atoms with Crippen molar-refractivity contribution < 1.29 is 12.8 Å². The molecule has 0 atom stereocenters. The zero-order chi connectivity index (χ0) is 14.2. The van der Waals surface area contributed by atoms with E-state index in [2.05, 4.69) is 15.2 Å². The van der Waals surface area contributed by atoms with Crippen LogP contribution in [0.3, 0.4) is 0 Å². The molecule has 7 nitrogen and oxygen atoms in total. The van der Waals surface area contributed by atoms with Gasteiger partial charge in [0.05, 0.1) is 0 Å². The van der Waals surface area contributed by atoms with Gasteiger partial charge in [-0.2, -0.15) is 0 Å². The molecule has 104 valence electrons. The molecule has 2 heterocycles. The van der Waals surface area contributed by atoms with Gasteiger partial charge in [0.2, 0.25) is 11.8 Å². The summed E-state index contributed by atoms with van der Waals surface area (Å²) in [4.78, 5) is 4.04. The monoisotopic (exact) mass is 304 g/mol. The fourth-order valence-corrected chi connectivity index (χ4v) is 2.34.